The Kier molecular flexibility index (Phi) is 4.93. The second-order valence-electron chi connectivity index (χ2n) is 11.6. The third-order valence-corrected chi connectivity index (χ3v) is 9.54. The molecule has 5 aliphatic rings. The van der Waals surface area contributed by atoms with Crippen molar-refractivity contribution in [2.75, 3.05) is 11.1 Å². The number of nitrogens with zero attached hydrogens (tertiary/aromatic N) is 2. The maximum absolute atomic E-state index is 12.8. The molecule has 4 unspecified atom stereocenters. The van der Waals surface area contributed by atoms with E-state index in [0.717, 1.165) is 43.5 Å². The van der Waals surface area contributed by atoms with Crippen molar-refractivity contribution in [3.63, 3.8) is 0 Å². The van der Waals surface area contributed by atoms with Gasteiger partial charge in [0, 0.05) is 23.0 Å². The van der Waals surface area contributed by atoms with E-state index >= 15 is 0 Å². The Bertz CT molecular complexity index is 1290. The van der Waals surface area contributed by atoms with E-state index in [0.29, 0.717) is 29.9 Å². The molecule has 7 nitrogen and oxygen atoms in total. The Morgan fingerprint density at radius 3 is 2.64 bits per heavy atom. The first kappa shape index (κ1) is 21.9. The predicted octanol–water partition coefficient (Wildman–Crippen LogP) is 4.80. The summed E-state index contributed by atoms with van der Waals surface area (Å²) in [5.74, 6) is 1.49. The smallest absolute Gasteiger partial charge is 0.319 e. The maximum Gasteiger partial charge on any atom is 0.319 e. The number of carbonyl (C=O) groups is 1. The van der Waals surface area contributed by atoms with E-state index in [-0.39, 0.29) is 29.6 Å². The minimum absolute atomic E-state index is 0.0552. The molecule has 5 N–H and O–H groups in total. The zero-order valence-corrected chi connectivity index (χ0v) is 20.3. The lowest BCUT2D eigenvalue weighted by Crippen LogP contribution is -2.62. The lowest BCUT2D eigenvalue weighted by atomic mass is 9.46. The molecule has 36 heavy (non-hydrogen) atoms. The number of hydrogen-bond donors (Lipinski definition) is 4. The molecule has 4 bridgehead atoms. The molecule has 8 rings (SSSR count). The van der Waals surface area contributed by atoms with Crippen LogP contribution in [0.4, 0.5) is 16.2 Å². The third-order valence-electron chi connectivity index (χ3n) is 9.54. The molecule has 3 aromatic rings. The van der Waals surface area contributed by atoms with Gasteiger partial charge < -0.3 is 26.0 Å². The molecule has 4 aliphatic carbocycles. The van der Waals surface area contributed by atoms with Crippen LogP contribution in [0.2, 0.25) is 0 Å². The van der Waals surface area contributed by atoms with Gasteiger partial charge in [0.05, 0.1) is 30.4 Å². The number of nitrogen functional groups attached to an aromatic ring is 1. The first-order valence-corrected chi connectivity index (χ1v) is 13.2. The average molecular weight is 484 g/mol. The van der Waals surface area contributed by atoms with Crippen molar-refractivity contribution in [2.24, 2.45) is 23.2 Å². The van der Waals surface area contributed by atoms with Gasteiger partial charge in [-0.15, -0.1) is 0 Å². The summed E-state index contributed by atoms with van der Waals surface area (Å²) in [6.45, 7) is 0. The highest BCUT2D eigenvalue weighted by Crippen LogP contribution is 2.62. The van der Waals surface area contributed by atoms with Gasteiger partial charge in [0.2, 0.25) is 0 Å². The number of amides is 2. The van der Waals surface area contributed by atoms with Crippen LogP contribution in [0.5, 0.6) is 0 Å². The Labute approximate surface area is 211 Å². The summed E-state index contributed by atoms with van der Waals surface area (Å²) in [6, 6.07) is 15.9. The summed E-state index contributed by atoms with van der Waals surface area (Å²) in [5.41, 5.74) is 10.8. The number of benzene rings is 2. The molecule has 0 spiro atoms. The monoisotopic (exact) mass is 483 g/mol. The minimum Gasteiger partial charge on any atom is -0.399 e. The number of hydrogen-bond acceptors (Lipinski definition) is 4. The van der Waals surface area contributed by atoms with Crippen LogP contribution in [0.25, 0.3) is 11.3 Å². The molecule has 2 aromatic carbocycles. The van der Waals surface area contributed by atoms with Gasteiger partial charge in [0.1, 0.15) is 0 Å². The SMILES string of the molecule is Nc1ccc(NC(=O)NC2C3CC4CC2CC(C(O)CC2c5ccccc5-c5cncn52)(C4)C3)cc1. The van der Waals surface area contributed by atoms with Crippen molar-refractivity contribution >= 4 is 17.4 Å². The van der Waals surface area contributed by atoms with E-state index in [9.17, 15) is 9.90 Å². The van der Waals surface area contributed by atoms with Gasteiger partial charge in [0.25, 0.3) is 0 Å². The highest BCUT2D eigenvalue weighted by molar-refractivity contribution is 5.89. The van der Waals surface area contributed by atoms with Crippen LogP contribution in [0, 0.1) is 23.2 Å². The van der Waals surface area contributed by atoms with Crippen LogP contribution in [-0.2, 0) is 0 Å². The Morgan fingerprint density at radius 2 is 1.86 bits per heavy atom. The number of aliphatic hydroxyl groups is 1. The van der Waals surface area contributed by atoms with Crippen LogP contribution >= 0.6 is 0 Å². The summed E-state index contributed by atoms with van der Waals surface area (Å²) in [7, 11) is 0. The average Bonchev–Trinajstić information content (AvgIpc) is 3.45. The van der Waals surface area contributed by atoms with E-state index in [1.807, 2.05) is 24.7 Å². The highest BCUT2D eigenvalue weighted by Gasteiger charge is 2.58. The number of aromatic nitrogens is 2. The van der Waals surface area contributed by atoms with E-state index in [4.69, 9.17) is 5.73 Å². The zero-order chi connectivity index (χ0) is 24.4. The van der Waals surface area contributed by atoms with Gasteiger partial charge in [-0.2, -0.15) is 0 Å². The number of rotatable bonds is 5. The first-order chi connectivity index (χ1) is 17.5. The van der Waals surface area contributed by atoms with Gasteiger partial charge in [-0.05, 0) is 91.5 Å². The van der Waals surface area contributed by atoms with Crippen molar-refractivity contribution in [3.8, 4) is 11.3 Å². The predicted molar refractivity (Wildman–Crippen MR) is 139 cm³/mol. The number of anilines is 2. The van der Waals surface area contributed by atoms with Crippen LogP contribution in [-0.4, -0.2) is 32.8 Å². The molecule has 7 heteroatoms. The molecular formula is C29H33N5O2. The Balaban J connectivity index is 1.07. The fraction of sp³-hybridized carbons (Fsp3) is 0.448. The van der Waals surface area contributed by atoms with E-state index in [1.165, 1.54) is 11.1 Å². The van der Waals surface area contributed by atoms with E-state index < -0.39 is 0 Å². The lowest BCUT2D eigenvalue weighted by molar-refractivity contribution is -0.135. The molecule has 2 amide bonds. The fourth-order valence-electron chi connectivity index (χ4n) is 8.25. The number of nitrogens with one attached hydrogen (secondary N) is 2. The van der Waals surface area contributed by atoms with Gasteiger partial charge in [-0.1, -0.05) is 24.3 Å². The number of nitrogens with two attached hydrogens (primary N) is 1. The van der Waals surface area contributed by atoms with Crippen molar-refractivity contribution < 1.29 is 9.90 Å². The fourth-order valence-corrected chi connectivity index (χ4v) is 8.25. The van der Waals surface area contributed by atoms with Crippen molar-refractivity contribution in [3.05, 3.63) is 66.6 Å². The maximum atomic E-state index is 12.8. The van der Waals surface area contributed by atoms with Gasteiger partial charge in [-0.3, -0.25) is 0 Å². The summed E-state index contributed by atoms with van der Waals surface area (Å²) >= 11 is 0. The van der Waals surface area contributed by atoms with Gasteiger partial charge >= 0.3 is 6.03 Å². The number of fused-ring (bicyclic) bond motifs is 3. The molecule has 4 atom stereocenters. The molecule has 1 aromatic heterocycles. The number of aliphatic hydroxyl groups excluding tert-OH is 1. The largest absolute Gasteiger partial charge is 0.399 e. The van der Waals surface area contributed by atoms with E-state index in [2.05, 4.69) is 44.5 Å². The normalized spacial score (nSPS) is 32.1. The van der Waals surface area contributed by atoms with Crippen LogP contribution < -0.4 is 16.4 Å². The summed E-state index contributed by atoms with van der Waals surface area (Å²) < 4.78 is 2.24. The lowest BCUT2D eigenvalue weighted by Gasteiger charge is -2.61. The number of carbonyl (C=O) groups excluding carboxylic acids is 1. The van der Waals surface area contributed by atoms with Gasteiger partial charge in [0.15, 0.2) is 0 Å². The first-order valence-electron chi connectivity index (χ1n) is 13.2. The summed E-state index contributed by atoms with van der Waals surface area (Å²) in [5, 5.41) is 18.1. The van der Waals surface area contributed by atoms with E-state index in [1.54, 1.807) is 12.1 Å². The molecule has 2 heterocycles. The molecule has 4 saturated carbocycles. The number of urea groups is 1. The standard InChI is InChI=1S/C29H33N5O2/c30-20-5-7-21(8-6-20)32-28(36)33-27-18-9-17-10-19(27)14-29(12-17,13-18)26(35)11-24-22-3-1-2-4-23(22)25-15-31-16-34(24)25/h1-8,15-19,24,26-27,35H,9-14,30H2,(H2,32,33,36). The highest BCUT2D eigenvalue weighted by atomic mass is 16.3. The molecule has 186 valence electrons. The molecule has 0 saturated heterocycles. The van der Waals surface area contributed by atoms with Crippen LogP contribution in [0.3, 0.4) is 0 Å². The van der Waals surface area contributed by atoms with Crippen molar-refractivity contribution in [1.29, 1.82) is 0 Å². The quantitative estimate of drug-likeness (QED) is 0.391. The van der Waals surface area contributed by atoms with Crippen LogP contribution in [0.15, 0.2) is 61.1 Å². The Hall–Kier alpha value is -3.32. The van der Waals surface area contributed by atoms with Crippen molar-refractivity contribution in [1.82, 2.24) is 14.9 Å². The molecule has 0 radical (unpaired) electrons. The third kappa shape index (κ3) is 3.44. The summed E-state index contributed by atoms with van der Waals surface area (Å²) in [6.07, 6.45) is 9.55. The molecule has 1 aliphatic heterocycles. The second kappa shape index (κ2) is 8.10. The van der Waals surface area contributed by atoms with Gasteiger partial charge in [-0.25, -0.2) is 9.78 Å². The topological polar surface area (TPSA) is 105 Å². The minimum atomic E-state index is -0.374. The van der Waals surface area contributed by atoms with Crippen LogP contribution in [0.1, 0.15) is 50.1 Å². The zero-order valence-electron chi connectivity index (χ0n) is 20.3. The van der Waals surface area contributed by atoms with Crippen molar-refractivity contribution in [2.45, 2.75) is 56.7 Å². The summed E-state index contributed by atoms with van der Waals surface area (Å²) in [4.78, 5) is 17.2. The Morgan fingerprint density at radius 1 is 1.11 bits per heavy atom. The molecular weight excluding hydrogens is 450 g/mol. The number of imidazole rings is 1. The second-order valence-corrected chi connectivity index (χ2v) is 11.6. The molecule has 4 fully saturated rings.